The van der Waals surface area contributed by atoms with E-state index >= 15 is 0 Å². The Labute approximate surface area is 109 Å². The predicted octanol–water partition coefficient (Wildman–Crippen LogP) is 2.44. The zero-order valence-electron chi connectivity index (χ0n) is 10.1. The van der Waals surface area contributed by atoms with Gasteiger partial charge in [0.15, 0.2) is 0 Å². The highest BCUT2D eigenvalue weighted by Gasteiger charge is 2.51. The van der Waals surface area contributed by atoms with Gasteiger partial charge in [-0.3, -0.25) is 0 Å². The van der Waals surface area contributed by atoms with Gasteiger partial charge in [-0.05, 0) is 42.0 Å². The number of allylic oxidation sites excluding steroid dienone is 2. The third-order valence-electron chi connectivity index (χ3n) is 4.46. The summed E-state index contributed by atoms with van der Waals surface area (Å²) in [6.07, 6.45) is 5.70. The smallest absolute Gasteiger partial charge is 0.121 e. The fourth-order valence-electron chi connectivity index (χ4n) is 3.69. The summed E-state index contributed by atoms with van der Waals surface area (Å²) in [5, 5.41) is 0.236. The number of hydrogen-bond acceptors (Lipinski definition) is 2. The molecule has 1 aromatic carbocycles. The molecular weight excluding hydrogens is 246 g/mol. The molecule has 1 aliphatic heterocycles. The van der Waals surface area contributed by atoms with E-state index in [1.807, 2.05) is 12.1 Å². The van der Waals surface area contributed by atoms with Crippen LogP contribution in [0.3, 0.4) is 0 Å². The van der Waals surface area contributed by atoms with E-state index in [9.17, 15) is 4.21 Å². The molecule has 1 aromatic rings. The van der Waals surface area contributed by atoms with Crippen LogP contribution in [-0.2, 0) is 11.0 Å². The lowest BCUT2D eigenvalue weighted by Gasteiger charge is -2.34. The van der Waals surface area contributed by atoms with Crippen molar-refractivity contribution < 1.29 is 8.95 Å². The normalized spacial score (nSPS) is 39.1. The van der Waals surface area contributed by atoms with Gasteiger partial charge in [0.1, 0.15) is 16.7 Å². The fourth-order valence-corrected chi connectivity index (χ4v) is 5.36. The molecule has 94 valence electrons. The molecule has 0 spiro atoms. The summed E-state index contributed by atoms with van der Waals surface area (Å²) in [6.45, 7) is 0. The Morgan fingerprint density at radius 3 is 3.00 bits per heavy atom. The molecule has 4 heteroatoms. The van der Waals surface area contributed by atoms with Crippen molar-refractivity contribution in [3.05, 3.63) is 35.9 Å². The molecule has 18 heavy (non-hydrogen) atoms. The Morgan fingerprint density at radius 1 is 1.33 bits per heavy atom. The van der Waals surface area contributed by atoms with Crippen molar-refractivity contribution in [2.75, 3.05) is 11.8 Å². The summed E-state index contributed by atoms with van der Waals surface area (Å²) >= 11 is 0. The second-order valence-electron chi connectivity index (χ2n) is 5.29. The van der Waals surface area contributed by atoms with Crippen molar-refractivity contribution in [2.45, 2.75) is 17.6 Å². The topological polar surface area (TPSA) is 38.3 Å². The summed E-state index contributed by atoms with van der Waals surface area (Å²) < 4.78 is 20.8. The minimum absolute atomic E-state index is 0.236. The third-order valence-corrected chi connectivity index (χ3v) is 6.02. The monoisotopic (exact) mass is 261 g/mol. The van der Waals surface area contributed by atoms with Gasteiger partial charge >= 0.3 is 0 Å². The van der Waals surface area contributed by atoms with Crippen molar-refractivity contribution in [3.8, 4) is 5.75 Å². The molecule has 1 heterocycles. The van der Waals surface area contributed by atoms with Gasteiger partial charge in [-0.1, -0.05) is 12.2 Å². The van der Waals surface area contributed by atoms with Crippen molar-refractivity contribution >= 4 is 16.7 Å². The first-order chi connectivity index (χ1) is 8.78. The predicted molar refractivity (Wildman–Crippen MR) is 72.0 cm³/mol. The molecule has 2 bridgehead atoms. The fraction of sp³-hybridized carbons (Fsp3) is 0.429. The Morgan fingerprint density at radius 2 is 2.17 bits per heavy atom. The average molecular weight is 261 g/mol. The quantitative estimate of drug-likeness (QED) is 0.789. The number of nitrogens with one attached hydrogen (secondary N) is 1. The lowest BCUT2D eigenvalue weighted by atomic mass is 9.85. The van der Waals surface area contributed by atoms with E-state index in [2.05, 4.69) is 22.9 Å². The van der Waals surface area contributed by atoms with Crippen molar-refractivity contribution in [3.63, 3.8) is 0 Å². The number of rotatable bonds is 1. The minimum Gasteiger partial charge on any atom is -0.497 e. The first kappa shape index (κ1) is 10.6. The van der Waals surface area contributed by atoms with Gasteiger partial charge in [0.25, 0.3) is 0 Å². The number of methoxy groups -OCH3 is 1. The van der Waals surface area contributed by atoms with E-state index < -0.39 is 11.0 Å². The second-order valence-corrected chi connectivity index (χ2v) is 6.63. The van der Waals surface area contributed by atoms with Crippen LogP contribution in [0.1, 0.15) is 17.9 Å². The molecule has 1 fully saturated rings. The minimum atomic E-state index is -0.957. The van der Waals surface area contributed by atoms with Gasteiger partial charge in [-0.2, -0.15) is 0 Å². The summed E-state index contributed by atoms with van der Waals surface area (Å²) in [5.41, 5.74) is 2.28. The first-order valence-corrected chi connectivity index (χ1v) is 7.53. The molecule has 3 aliphatic rings. The highest BCUT2D eigenvalue weighted by Crippen LogP contribution is 2.55. The van der Waals surface area contributed by atoms with Crippen molar-refractivity contribution in [2.24, 2.45) is 11.8 Å². The zero-order chi connectivity index (χ0) is 12.3. The molecule has 0 amide bonds. The molecule has 2 aliphatic carbocycles. The van der Waals surface area contributed by atoms with Crippen molar-refractivity contribution in [1.29, 1.82) is 0 Å². The molecule has 0 aromatic heterocycles. The van der Waals surface area contributed by atoms with E-state index in [4.69, 9.17) is 4.74 Å². The standard InChI is InChI=1S/C14H15NO2S/c1-17-10-4-5-12-11(7-10)13-8-2-3-9(6-8)14(13)18(16)15-12/h2-5,7-9,13-15H,6H2,1H3. The molecule has 0 radical (unpaired) electrons. The molecule has 5 atom stereocenters. The van der Waals surface area contributed by atoms with Crippen LogP contribution in [0.25, 0.3) is 0 Å². The molecule has 1 saturated carbocycles. The van der Waals surface area contributed by atoms with Crippen LogP contribution in [0.15, 0.2) is 30.4 Å². The van der Waals surface area contributed by atoms with Crippen LogP contribution in [0.5, 0.6) is 5.75 Å². The van der Waals surface area contributed by atoms with Crippen LogP contribution in [0.4, 0.5) is 5.69 Å². The Bertz CT molecular complexity index is 569. The zero-order valence-corrected chi connectivity index (χ0v) is 10.9. The Hall–Kier alpha value is -1.29. The van der Waals surface area contributed by atoms with E-state index in [0.717, 1.165) is 17.9 Å². The highest BCUT2D eigenvalue weighted by molar-refractivity contribution is 7.87. The molecule has 4 rings (SSSR count). The maximum Gasteiger partial charge on any atom is 0.121 e. The Balaban J connectivity index is 1.87. The van der Waals surface area contributed by atoms with Crippen LogP contribution >= 0.6 is 0 Å². The first-order valence-electron chi connectivity index (χ1n) is 6.31. The number of hydrogen-bond donors (Lipinski definition) is 1. The summed E-state index contributed by atoms with van der Waals surface area (Å²) in [7, 11) is 0.732. The van der Waals surface area contributed by atoms with Gasteiger partial charge in [0.05, 0.1) is 18.0 Å². The van der Waals surface area contributed by atoms with Gasteiger partial charge in [0, 0.05) is 5.92 Å². The van der Waals surface area contributed by atoms with Crippen LogP contribution in [0.2, 0.25) is 0 Å². The summed E-state index contributed by atoms with van der Waals surface area (Å²) in [5.74, 6) is 2.31. The van der Waals surface area contributed by atoms with Crippen molar-refractivity contribution in [1.82, 2.24) is 0 Å². The van der Waals surface area contributed by atoms with E-state index in [-0.39, 0.29) is 5.25 Å². The second kappa shape index (κ2) is 3.60. The van der Waals surface area contributed by atoms with Crippen LogP contribution < -0.4 is 9.46 Å². The summed E-state index contributed by atoms with van der Waals surface area (Å²) in [4.78, 5) is 0. The van der Waals surface area contributed by atoms with E-state index in [0.29, 0.717) is 17.8 Å². The lowest BCUT2D eigenvalue weighted by molar-refractivity contribution is 0.413. The summed E-state index contributed by atoms with van der Waals surface area (Å²) in [6, 6.07) is 6.01. The van der Waals surface area contributed by atoms with Gasteiger partial charge < -0.3 is 9.46 Å². The van der Waals surface area contributed by atoms with Crippen LogP contribution in [0, 0.1) is 11.8 Å². The number of fused-ring (bicyclic) bond motifs is 7. The maximum atomic E-state index is 12.3. The number of benzene rings is 1. The molecule has 3 nitrogen and oxygen atoms in total. The van der Waals surface area contributed by atoms with E-state index in [1.165, 1.54) is 5.56 Å². The molecule has 5 unspecified atom stereocenters. The molecular formula is C14H15NO2S. The van der Waals surface area contributed by atoms with Crippen LogP contribution in [-0.4, -0.2) is 16.6 Å². The maximum absolute atomic E-state index is 12.3. The average Bonchev–Trinajstić information content (AvgIpc) is 2.99. The van der Waals surface area contributed by atoms with E-state index in [1.54, 1.807) is 7.11 Å². The highest BCUT2D eigenvalue weighted by atomic mass is 32.2. The largest absolute Gasteiger partial charge is 0.497 e. The number of ether oxygens (including phenoxy) is 1. The third kappa shape index (κ3) is 1.27. The molecule has 1 N–H and O–H groups in total. The van der Waals surface area contributed by atoms with Gasteiger partial charge in [-0.15, -0.1) is 0 Å². The number of anilines is 1. The van der Waals surface area contributed by atoms with Gasteiger partial charge in [0.2, 0.25) is 0 Å². The SMILES string of the molecule is COc1ccc2c(c1)C1C3C=CC(C3)C1S(=O)N2. The Kier molecular flexibility index (Phi) is 2.13. The van der Waals surface area contributed by atoms with Gasteiger partial charge in [-0.25, -0.2) is 4.21 Å². The lowest BCUT2D eigenvalue weighted by Crippen LogP contribution is -2.36. The molecule has 0 saturated heterocycles.